The largest absolute Gasteiger partial charge is 0.375 e. The first-order valence-electron chi connectivity index (χ1n) is 8.50. The van der Waals surface area contributed by atoms with Gasteiger partial charge >= 0.3 is 0 Å². The standard InChI is InChI=1S/C18H23ClN2O3/c1-12-16(20-8-11-24-12)18(23)21-9-6-14(7-10-21)17(22)13-2-4-15(19)5-3-13/h2-5,12,14,16,20H,6-11H2,1H3/t12-,16+/m1/s1. The minimum absolute atomic E-state index is 0.0248. The molecule has 2 aliphatic heterocycles. The van der Waals surface area contributed by atoms with Gasteiger partial charge in [-0.15, -0.1) is 0 Å². The zero-order chi connectivity index (χ0) is 17.1. The summed E-state index contributed by atoms with van der Waals surface area (Å²) in [5, 5.41) is 3.86. The Bertz CT molecular complexity index is 597. The summed E-state index contributed by atoms with van der Waals surface area (Å²) in [5.74, 6) is 0.203. The first-order valence-corrected chi connectivity index (χ1v) is 8.87. The van der Waals surface area contributed by atoms with Gasteiger partial charge in [0.05, 0.1) is 12.7 Å². The van der Waals surface area contributed by atoms with Gasteiger partial charge in [-0.05, 0) is 44.0 Å². The highest BCUT2D eigenvalue weighted by atomic mass is 35.5. The molecule has 1 N–H and O–H groups in total. The summed E-state index contributed by atoms with van der Waals surface area (Å²) in [6, 6.07) is 6.75. The predicted molar refractivity (Wildman–Crippen MR) is 92.3 cm³/mol. The number of ether oxygens (including phenoxy) is 1. The Hall–Kier alpha value is -1.43. The molecule has 24 heavy (non-hydrogen) atoms. The highest BCUT2D eigenvalue weighted by Gasteiger charge is 2.34. The van der Waals surface area contributed by atoms with Crippen molar-refractivity contribution in [1.29, 1.82) is 0 Å². The summed E-state index contributed by atoms with van der Waals surface area (Å²) in [5.41, 5.74) is 0.695. The van der Waals surface area contributed by atoms with Crippen LogP contribution < -0.4 is 5.32 Å². The van der Waals surface area contributed by atoms with Crippen LogP contribution in [0, 0.1) is 5.92 Å². The number of benzene rings is 1. The van der Waals surface area contributed by atoms with Crippen molar-refractivity contribution < 1.29 is 14.3 Å². The van der Waals surface area contributed by atoms with Gasteiger partial charge in [-0.1, -0.05) is 11.6 Å². The first-order chi connectivity index (χ1) is 11.6. The van der Waals surface area contributed by atoms with Gasteiger partial charge in [-0.3, -0.25) is 9.59 Å². The number of nitrogens with one attached hydrogen (secondary N) is 1. The number of halogens is 1. The van der Waals surface area contributed by atoms with E-state index in [1.165, 1.54) is 0 Å². The number of piperidine rings is 1. The van der Waals surface area contributed by atoms with Crippen molar-refractivity contribution in [2.45, 2.75) is 31.9 Å². The Balaban J connectivity index is 1.56. The fourth-order valence-electron chi connectivity index (χ4n) is 3.42. The van der Waals surface area contributed by atoms with Gasteiger partial charge < -0.3 is 15.0 Å². The number of likely N-dealkylation sites (tertiary alicyclic amines) is 1. The summed E-state index contributed by atoms with van der Waals surface area (Å²) >= 11 is 5.87. The van der Waals surface area contributed by atoms with Gasteiger partial charge in [0.15, 0.2) is 5.78 Å². The lowest BCUT2D eigenvalue weighted by Gasteiger charge is -2.37. The van der Waals surface area contributed by atoms with E-state index in [9.17, 15) is 9.59 Å². The van der Waals surface area contributed by atoms with E-state index in [1.807, 2.05) is 11.8 Å². The van der Waals surface area contributed by atoms with E-state index < -0.39 is 0 Å². The fourth-order valence-corrected chi connectivity index (χ4v) is 3.54. The molecule has 2 fully saturated rings. The summed E-state index contributed by atoms with van der Waals surface area (Å²) in [6.07, 6.45) is 1.30. The average molecular weight is 351 g/mol. The van der Waals surface area contributed by atoms with E-state index >= 15 is 0 Å². The number of Topliss-reactive ketones (excluding diaryl/α,β-unsaturated/α-hetero) is 1. The van der Waals surface area contributed by atoms with Crippen LogP contribution in [-0.2, 0) is 9.53 Å². The summed E-state index contributed by atoms with van der Waals surface area (Å²) in [4.78, 5) is 27.0. The number of rotatable bonds is 3. The molecule has 0 aromatic heterocycles. The predicted octanol–water partition coefficient (Wildman–Crippen LogP) is 2.14. The van der Waals surface area contributed by atoms with Crippen LogP contribution in [0.4, 0.5) is 0 Å². The van der Waals surface area contributed by atoms with Crippen molar-refractivity contribution in [1.82, 2.24) is 10.2 Å². The van der Waals surface area contributed by atoms with Gasteiger partial charge in [-0.25, -0.2) is 0 Å². The molecule has 2 aliphatic rings. The molecule has 0 saturated carbocycles. The molecule has 0 aliphatic carbocycles. The van der Waals surface area contributed by atoms with Gasteiger partial charge in [0.25, 0.3) is 0 Å². The zero-order valence-corrected chi connectivity index (χ0v) is 14.6. The minimum atomic E-state index is -0.276. The van der Waals surface area contributed by atoms with E-state index in [1.54, 1.807) is 24.3 Å². The Kier molecular flexibility index (Phi) is 5.54. The molecule has 1 aromatic carbocycles. The Morgan fingerprint density at radius 3 is 2.50 bits per heavy atom. The van der Waals surface area contributed by atoms with Crippen LogP contribution in [0.15, 0.2) is 24.3 Å². The van der Waals surface area contributed by atoms with E-state index in [0.717, 1.165) is 0 Å². The third-order valence-corrected chi connectivity index (χ3v) is 5.14. The van der Waals surface area contributed by atoms with Gasteiger partial charge in [0.2, 0.25) is 5.91 Å². The molecule has 6 heteroatoms. The molecule has 0 radical (unpaired) electrons. The maximum atomic E-state index is 12.6. The van der Waals surface area contributed by atoms with Crippen LogP contribution in [0.1, 0.15) is 30.1 Å². The van der Waals surface area contributed by atoms with Crippen molar-refractivity contribution in [3.05, 3.63) is 34.9 Å². The van der Waals surface area contributed by atoms with Crippen LogP contribution in [0.5, 0.6) is 0 Å². The van der Waals surface area contributed by atoms with Crippen LogP contribution >= 0.6 is 11.6 Å². The highest BCUT2D eigenvalue weighted by Crippen LogP contribution is 2.23. The second-order valence-electron chi connectivity index (χ2n) is 6.48. The number of hydrogen-bond acceptors (Lipinski definition) is 4. The molecule has 130 valence electrons. The van der Waals surface area contributed by atoms with Crippen LogP contribution in [0.3, 0.4) is 0 Å². The van der Waals surface area contributed by atoms with Crippen molar-refractivity contribution >= 4 is 23.3 Å². The minimum Gasteiger partial charge on any atom is -0.375 e. The van der Waals surface area contributed by atoms with Crippen molar-refractivity contribution in [2.24, 2.45) is 5.92 Å². The van der Waals surface area contributed by atoms with E-state index in [-0.39, 0.29) is 29.8 Å². The molecule has 2 saturated heterocycles. The molecule has 1 aromatic rings. The Morgan fingerprint density at radius 2 is 1.88 bits per heavy atom. The van der Waals surface area contributed by atoms with E-state index in [4.69, 9.17) is 16.3 Å². The average Bonchev–Trinajstić information content (AvgIpc) is 2.62. The Labute approximate surface area is 147 Å². The third-order valence-electron chi connectivity index (χ3n) is 4.89. The number of carbonyl (C=O) groups excluding carboxylic acids is 2. The molecule has 0 unspecified atom stereocenters. The van der Waals surface area contributed by atoms with Crippen molar-refractivity contribution in [3.8, 4) is 0 Å². The number of hydrogen-bond donors (Lipinski definition) is 1. The molecular weight excluding hydrogens is 328 g/mol. The summed E-state index contributed by atoms with van der Waals surface area (Å²) < 4.78 is 5.55. The third kappa shape index (κ3) is 3.79. The fraction of sp³-hybridized carbons (Fsp3) is 0.556. The number of ketones is 1. The Morgan fingerprint density at radius 1 is 1.21 bits per heavy atom. The van der Waals surface area contributed by atoms with Gasteiger partial charge in [0, 0.05) is 36.1 Å². The topological polar surface area (TPSA) is 58.6 Å². The maximum Gasteiger partial charge on any atom is 0.242 e. The quantitative estimate of drug-likeness (QED) is 0.848. The number of morpholine rings is 1. The van der Waals surface area contributed by atoms with Crippen LogP contribution in [-0.4, -0.2) is 55.0 Å². The van der Waals surface area contributed by atoms with Crippen LogP contribution in [0.25, 0.3) is 0 Å². The van der Waals surface area contributed by atoms with Gasteiger partial charge in [-0.2, -0.15) is 0 Å². The summed E-state index contributed by atoms with van der Waals surface area (Å²) in [7, 11) is 0. The second kappa shape index (κ2) is 7.64. The van der Waals surface area contributed by atoms with Crippen molar-refractivity contribution in [2.75, 3.05) is 26.2 Å². The van der Waals surface area contributed by atoms with E-state index in [2.05, 4.69) is 5.32 Å². The maximum absolute atomic E-state index is 12.6. The molecule has 0 spiro atoms. The lowest BCUT2D eigenvalue weighted by molar-refractivity contribution is -0.140. The normalized spacial score (nSPS) is 25.5. The first kappa shape index (κ1) is 17.4. The van der Waals surface area contributed by atoms with E-state index in [0.29, 0.717) is 49.7 Å². The number of carbonyl (C=O) groups is 2. The molecular formula is C18H23ClN2O3. The lowest BCUT2D eigenvalue weighted by atomic mass is 9.88. The highest BCUT2D eigenvalue weighted by molar-refractivity contribution is 6.30. The summed E-state index contributed by atoms with van der Waals surface area (Å²) in [6.45, 7) is 4.50. The number of nitrogens with zero attached hydrogens (tertiary/aromatic N) is 1. The molecule has 1 amide bonds. The SMILES string of the molecule is C[C@H]1OCCN[C@@H]1C(=O)N1CCC(C(=O)c2ccc(Cl)cc2)CC1. The second-order valence-corrected chi connectivity index (χ2v) is 6.91. The van der Waals surface area contributed by atoms with Gasteiger partial charge in [0.1, 0.15) is 6.04 Å². The van der Waals surface area contributed by atoms with Crippen LogP contribution in [0.2, 0.25) is 5.02 Å². The van der Waals surface area contributed by atoms with Crippen molar-refractivity contribution in [3.63, 3.8) is 0 Å². The molecule has 3 rings (SSSR count). The molecule has 5 nitrogen and oxygen atoms in total. The molecule has 2 heterocycles. The molecule has 2 atom stereocenters. The smallest absolute Gasteiger partial charge is 0.242 e. The lowest BCUT2D eigenvalue weighted by Crippen LogP contribution is -2.57. The number of amides is 1. The monoisotopic (exact) mass is 350 g/mol. The molecule has 0 bridgehead atoms. The zero-order valence-electron chi connectivity index (χ0n) is 13.8.